The van der Waals surface area contributed by atoms with Crippen molar-refractivity contribution in [2.24, 2.45) is 10.8 Å². The first-order chi connectivity index (χ1) is 18.6. The van der Waals surface area contributed by atoms with Crippen molar-refractivity contribution in [1.82, 2.24) is 0 Å². The summed E-state index contributed by atoms with van der Waals surface area (Å²) in [7, 11) is 0. The first kappa shape index (κ1) is 32.4. The third-order valence-corrected chi connectivity index (χ3v) is 7.30. The second kappa shape index (κ2) is 10.6. The molecule has 8 N–H and O–H groups in total. The van der Waals surface area contributed by atoms with Crippen LogP contribution in [0.25, 0.3) is 0 Å². The number of hydrogen-bond acceptors (Lipinski definition) is 14. The van der Waals surface area contributed by atoms with E-state index in [1.807, 2.05) is 0 Å². The molecule has 3 rings (SSSR count). The normalized spacial score (nSPS) is 32.7. The smallest absolute Gasteiger partial charge is 0.338 e. The number of rotatable bonds is 6. The summed E-state index contributed by atoms with van der Waals surface area (Å²) in [4.78, 5) is 39.2. The number of phenolic OH excluding ortho intramolecular Hbond substituents is 3. The van der Waals surface area contributed by atoms with Crippen LogP contribution in [0.1, 0.15) is 51.9 Å². The third kappa shape index (κ3) is 5.68. The van der Waals surface area contributed by atoms with Crippen molar-refractivity contribution in [2.75, 3.05) is 6.61 Å². The number of ether oxygens (including phenoxy) is 3. The van der Waals surface area contributed by atoms with Crippen LogP contribution in [-0.2, 0) is 23.8 Å². The van der Waals surface area contributed by atoms with Gasteiger partial charge in [-0.15, -0.1) is 0 Å². The quantitative estimate of drug-likeness (QED) is 0.0683. The number of hydrogen-bond donors (Lipinski definition) is 8. The lowest BCUT2D eigenvalue weighted by atomic mass is 9.57. The number of esters is 1. The van der Waals surface area contributed by atoms with Crippen LogP contribution in [0.4, 0.5) is 0 Å². The molecule has 1 aromatic carbocycles. The highest BCUT2D eigenvalue weighted by Gasteiger charge is 2.66. The van der Waals surface area contributed by atoms with E-state index in [1.165, 1.54) is 41.5 Å². The fourth-order valence-electron chi connectivity index (χ4n) is 4.88. The maximum absolute atomic E-state index is 13.4. The predicted molar refractivity (Wildman–Crippen MR) is 136 cm³/mol. The minimum absolute atomic E-state index is 0.393. The molecule has 1 aliphatic carbocycles. The molecule has 41 heavy (non-hydrogen) atoms. The van der Waals surface area contributed by atoms with E-state index in [2.05, 4.69) is 0 Å². The number of aliphatic hydroxyl groups excluding tert-OH is 3. The zero-order chi connectivity index (χ0) is 31.5. The zero-order valence-electron chi connectivity index (χ0n) is 23.4. The molecule has 1 saturated carbocycles. The van der Waals surface area contributed by atoms with Gasteiger partial charge in [0.15, 0.2) is 35.1 Å². The number of aromatic hydroxyl groups is 3. The summed E-state index contributed by atoms with van der Waals surface area (Å²) in [6.45, 7) is 7.10. The lowest BCUT2D eigenvalue weighted by Gasteiger charge is -2.52. The molecule has 0 bridgehead atoms. The Morgan fingerprint density at radius 1 is 1.00 bits per heavy atom. The van der Waals surface area contributed by atoms with Gasteiger partial charge in [-0.3, -0.25) is 9.59 Å². The van der Waals surface area contributed by atoms with Gasteiger partial charge in [0.1, 0.15) is 31.0 Å². The van der Waals surface area contributed by atoms with Gasteiger partial charge in [0.25, 0.3) is 0 Å². The SMILES string of the molecule is CC(C)(O)/C=C1/C(=O)C(C)(C)C(=O)C(C)(C)[C@@]1(O)O[C@@H]1O[C@H](COC(=O)c2cc(O)c(O)c(O)c2)[C@@H](O)[C@H](O)[C@H]1O. The summed E-state index contributed by atoms with van der Waals surface area (Å²) in [6, 6.07) is 1.60. The topological polar surface area (TPSA) is 241 Å². The number of carbonyl (C=O) groups is 3. The zero-order valence-corrected chi connectivity index (χ0v) is 23.4. The largest absolute Gasteiger partial charge is 0.504 e. The summed E-state index contributed by atoms with van der Waals surface area (Å²) in [5, 5.41) is 82.5. The maximum atomic E-state index is 13.4. The molecule has 2 aliphatic rings. The number of phenols is 3. The Balaban J connectivity index is 1.93. The molecule has 6 atom stereocenters. The molecule has 14 nitrogen and oxygen atoms in total. The van der Waals surface area contributed by atoms with Crippen LogP contribution in [-0.4, -0.2) is 107 Å². The minimum atomic E-state index is -2.81. The standard InChI is InChI=1S/C27H36O14/c1-24(2,37)9-12-20(34)25(3,4)23(36)26(5,6)27(12,38)41-22-19(33)18(32)17(31)15(40-22)10-39-21(35)11-7-13(28)16(30)14(29)8-11/h7-9,15,17-19,22,28-33,37-38H,10H2,1-6H3/b12-9-/t15-,17-,18+,19-,22+,27+/m1/s1. The molecule has 0 unspecified atom stereocenters. The molecular weight excluding hydrogens is 548 g/mol. The van der Waals surface area contributed by atoms with Crippen LogP contribution < -0.4 is 0 Å². The highest BCUT2D eigenvalue weighted by Crippen LogP contribution is 2.51. The van der Waals surface area contributed by atoms with Gasteiger partial charge in [-0.2, -0.15) is 0 Å². The van der Waals surface area contributed by atoms with E-state index in [-0.39, 0.29) is 0 Å². The van der Waals surface area contributed by atoms with E-state index in [0.717, 1.165) is 18.2 Å². The Labute approximate surface area is 235 Å². The number of carbonyl (C=O) groups excluding carboxylic acids is 3. The molecule has 0 amide bonds. The first-order valence-electron chi connectivity index (χ1n) is 12.6. The van der Waals surface area contributed by atoms with E-state index in [4.69, 9.17) is 14.2 Å². The van der Waals surface area contributed by atoms with Gasteiger partial charge in [0, 0.05) is 0 Å². The van der Waals surface area contributed by atoms with Crippen molar-refractivity contribution < 1.29 is 69.4 Å². The Morgan fingerprint density at radius 2 is 1.54 bits per heavy atom. The van der Waals surface area contributed by atoms with E-state index in [9.17, 15) is 55.2 Å². The lowest BCUT2D eigenvalue weighted by Crippen LogP contribution is -2.68. The van der Waals surface area contributed by atoms with Gasteiger partial charge in [0.2, 0.25) is 5.79 Å². The van der Waals surface area contributed by atoms with Gasteiger partial charge < -0.3 is 55.1 Å². The lowest BCUT2D eigenvalue weighted by molar-refractivity contribution is -0.369. The van der Waals surface area contributed by atoms with E-state index in [0.29, 0.717) is 0 Å². The van der Waals surface area contributed by atoms with Gasteiger partial charge in [-0.05, 0) is 59.8 Å². The van der Waals surface area contributed by atoms with Crippen molar-refractivity contribution in [3.05, 3.63) is 29.3 Å². The third-order valence-electron chi connectivity index (χ3n) is 7.30. The fourth-order valence-corrected chi connectivity index (χ4v) is 4.88. The van der Waals surface area contributed by atoms with E-state index < -0.39 is 105 Å². The molecule has 1 saturated heterocycles. The average Bonchev–Trinajstić information content (AvgIpc) is 2.87. The Hall–Kier alpha value is -3.11. The van der Waals surface area contributed by atoms with Crippen molar-refractivity contribution in [1.29, 1.82) is 0 Å². The second-order valence-corrected chi connectivity index (χ2v) is 11.9. The average molecular weight is 585 g/mol. The summed E-state index contributed by atoms with van der Waals surface area (Å²) < 4.78 is 16.2. The highest BCUT2D eigenvalue weighted by atomic mass is 16.8. The molecule has 0 radical (unpaired) electrons. The van der Waals surface area contributed by atoms with Crippen LogP contribution >= 0.6 is 0 Å². The van der Waals surface area contributed by atoms with Crippen molar-refractivity contribution in [3.8, 4) is 17.2 Å². The summed E-state index contributed by atoms with van der Waals surface area (Å²) in [5.74, 6) is -8.07. The van der Waals surface area contributed by atoms with Crippen molar-refractivity contribution in [2.45, 2.75) is 83.6 Å². The summed E-state index contributed by atoms with van der Waals surface area (Å²) >= 11 is 0. The van der Waals surface area contributed by atoms with Crippen LogP contribution in [0.3, 0.4) is 0 Å². The van der Waals surface area contributed by atoms with Crippen molar-refractivity contribution in [3.63, 3.8) is 0 Å². The molecular formula is C27H36O14. The molecule has 228 valence electrons. The molecule has 0 aromatic heterocycles. The van der Waals surface area contributed by atoms with Gasteiger partial charge in [-0.1, -0.05) is 0 Å². The number of Topliss-reactive ketones (excluding diaryl/α,β-unsaturated/α-hetero) is 2. The Morgan fingerprint density at radius 3 is 2.05 bits per heavy atom. The molecule has 14 heteroatoms. The Bertz CT molecular complexity index is 1240. The van der Waals surface area contributed by atoms with Crippen LogP contribution in [0.15, 0.2) is 23.8 Å². The van der Waals surface area contributed by atoms with Gasteiger partial charge in [-0.25, -0.2) is 4.79 Å². The number of benzene rings is 1. The highest BCUT2D eigenvalue weighted by molar-refractivity contribution is 6.19. The van der Waals surface area contributed by atoms with E-state index in [1.54, 1.807) is 0 Å². The molecule has 1 aliphatic heterocycles. The molecule has 0 spiro atoms. The first-order valence-corrected chi connectivity index (χ1v) is 12.6. The maximum Gasteiger partial charge on any atom is 0.338 e. The van der Waals surface area contributed by atoms with Gasteiger partial charge in [0.05, 0.1) is 27.6 Å². The number of aliphatic hydroxyl groups is 5. The van der Waals surface area contributed by atoms with Crippen molar-refractivity contribution >= 4 is 17.5 Å². The monoisotopic (exact) mass is 584 g/mol. The van der Waals surface area contributed by atoms with Crippen LogP contribution in [0, 0.1) is 10.8 Å². The molecule has 1 aromatic rings. The Kier molecular flexibility index (Phi) is 8.39. The molecule has 2 fully saturated rings. The summed E-state index contributed by atoms with van der Waals surface area (Å²) in [6.07, 6.45) is -8.48. The van der Waals surface area contributed by atoms with Gasteiger partial charge >= 0.3 is 5.97 Å². The fraction of sp³-hybridized carbons (Fsp3) is 0.593. The summed E-state index contributed by atoms with van der Waals surface area (Å²) in [5.41, 5.74) is -6.09. The second-order valence-electron chi connectivity index (χ2n) is 11.9. The minimum Gasteiger partial charge on any atom is -0.504 e. The number of ketones is 2. The van der Waals surface area contributed by atoms with Crippen LogP contribution in [0.5, 0.6) is 17.2 Å². The predicted octanol–water partition coefficient (Wildman–Crippen LogP) is -0.626. The van der Waals surface area contributed by atoms with E-state index >= 15 is 0 Å². The van der Waals surface area contributed by atoms with Crippen LogP contribution in [0.2, 0.25) is 0 Å². The molecule has 1 heterocycles.